The minimum Gasteiger partial charge on any atom is -0.204 e. The minimum atomic E-state index is -2.30. The molecule has 0 saturated heterocycles. The van der Waals surface area contributed by atoms with E-state index in [2.05, 4.69) is 0 Å². The van der Waals surface area contributed by atoms with E-state index in [0.717, 1.165) is 0 Å². The molecule has 0 amide bonds. The number of halogens is 12. The van der Waals surface area contributed by atoms with Gasteiger partial charge in [-0.25, -0.2) is 52.7 Å². The first-order valence-electron chi connectivity index (χ1n) is 10.9. The van der Waals surface area contributed by atoms with Crippen molar-refractivity contribution in [1.82, 2.24) is 0 Å². The van der Waals surface area contributed by atoms with E-state index < -0.39 is 98.0 Å². The maximum atomic E-state index is 14.1. The van der Waals surface area contributed by atoms with Crippen LogP contribution in [-0.4, -0.2) is 12.3 Å². The van der Waals surface area contributed by atoms with Gasteiger partial charge in [0.25, 0.3) is 0 Å². The van der Waals surface area contributed by atoms with Crippen molar-refractivity contribution in [2.45, 2.75) is 0 Å². The fraction of sp³-hybridized carbons (Fsp3) is 0.0769. The second kappa shape index (κ2) is 11.8. The Balaban J connectivity index is 1.85. The Bertz CT molecular complexity index is 1280. The summed E-state index contributed by atoms with van der Waals surface area (Å²) in [5, 5.41) is -1.33. The lowest BCUT2D eigenvalue weighted by Crippen LogP contribution is -2.23. The van der Waals surface area contributed by atoms with Crippen LogP contribution in [0.1, 0.15) is 0 Å². The third-order valence-corrected chi connectivity index (χ3v) is 10.9. The highest BCUT2D eigenvalue weighted by molar-refractivity contribution is 7.76. The van der Waals surface area contributed by atoms with Crippen molar-refractivity contribution in [3.63, 3.8) is 0 Å². The third kappa shape index (κ3) is 5.98. The van der Waals surface area contributed by atoms with E-state index in [9.17, 15) is 52.7 Å². The van der Waals surface area contributed by atoms with E-state index in [1.807, 2.05) is 0 Å². The van der Waals surface area contributed by atoms with E-state index in [-0.39, 0.29) is 21.2 Å². The van der Waals surface area contributed by atoms with Gasteiger partial charge in [0.2, 0.25) is 0 Å². The third-order valence-electron chi connectivity index (χ3n) is 5.67. The summed E-state index contributed by atoms with van der Waals surface area (Å²) in [5.74, 6) is -20.8. The molecule has 0 aliphatic heterocycles. The second-order valence-corrected chi connectivity index (χ2v) is 12.9. The van der Waals surface area contributed by atoms with Gasteiger partial charge in [-0.15, -0.1) is 0 Å². The first-order valence-corrected chi connectivity index (χ1v) is 14.0. The highest BCUT2D eigenvalue weighted by Crippen LogP contribution is 2.42. The Morgan fingerprint density at radius 2 is 0.450 bits per heavy atom. The quantitative estimate of drug-likeness (QED) is 0.121. The monoisotopic (exact) mass is 614 g/mol. The van der Waals surface area contributed by atoms with Crippen LogP contribution in [-0.2, 0) is 0 Å². The van der Waals surface area contributed by atoms with Gasteiger partial charge in [0.1, 0.15) is 0 Å². The molecule has 0 bridgehead atoms. The molecule has 0 spiro atoms. The average Bonchev–Trinajstić information content (AvgIpc) is 2.89. The van der Waals surface area contributed by atoms with Crippen LogP contribution in [0.2, 0.25) is 0 Å². The molecular formula is C26H12F12P2. The number of hydrogen-bond donors (Lipinski definition) is 0. The number of hydrogen-bond acceptors (Lipinski definition) is 0. The molecule has 0 heterocycles. The first kappa shape index (κ1) is 29.9. The zero-order chi connectivity index (χ0) is 29.5. The van der Waals surface area contributed by atoms with Gasteiger partial charge in [-0.3, -0.25) is 0 Å². The highest BCUT2D eigenvalue weighted by Gasteiger charge is 2.27. The summed E-state index contributed by atoms with van der Waals surface area (Å²) in [6.07, 6.45) is -0.783. The van der Waals surface area contributed by atoms with Crippen LogP contribution in [0.3, 0.4) is 0 Å². The Morgan fingerprint density at radius 1 is 0.300 bits per heavy atom. The summed E-state index contributed by atoms with van der Waals surface area (Å²) in [6, 6.07) is 4.22. The summed E-state index contributed by atoms with van der Waals surface area (Å²) >= 11 is 0. The van der Waals surface area contributed by atoms with Gasteiger partial charge in [-0.2, -0.15) is 0 Å². The molecule has 0 aliphatic rings. The second-order valence-electron chi connectivity index (χ2n) is 8.20. The van der Waals surface area contributed by atoms with Crippen LogP contribution >= 0.6 is 15.8 Å². The maximum Gasteiger partial charge on any atom is 0.194 e. The summed E-state index contributed by atoms with van der Waals surface area (Å²) in [6.45, 7) is 0. The lowest BCUT2D eigenvalue weighted by atomic mass is 10.3. The SMILES string of the molecule is Fc1cc(P(CCP(c2cc(F)c(F)c(F)c2)c2cc(F)c(F)c(F)c2)c2cc(F)c(F)c(F)c2)cc(F)c1F. The molecule has 4 aromatic rings. The standard InChI is InChI=1S/C26H12F12P2/c27-15-3-11(4-16(28)23(15)35)39(12-5-17(29)24(36)18(30)6-12)1-2-40(13-7-19(31)25(37)20(32)8-13)14-9-21(33)26(38)22(34)10-14/h3-10H,1-2H2. The van der Waals surface area contributed by atoms with Crippen molar-refractivity contribution < 1.29 is 52.7 Å². The Labute approximate surface area is 220 Å². The minimum absolute atomic E-state index is 0.334. The molecule has 0 atom stereocenters. The zero-order valence-electron chi connectivity index (χ0n) is 19.5. The fourth-order valence-corrected chi connectivity index (χ4v) is 9.19. The van der Waals surface area contributed by atoms with Gasteiger partial charge < -0.3 is 0 Å². The van der Waals surface area contributed by atoms with Crippen molar-refractivity contribution in [3.8, 4) is 0 Å². The van der Waals surface area contributed by atoms with E-state index >= 15 is 0 Å². The fourth-order valence-electron chi connectivity index (χ4n) is 3.81. The van der Waals surface area contributed by atoms with Crippen molar-refractivity contribution in [3.05, 3.63) is 118 Å². The molecule has 0 saturated carbocycles. The molecule has 0 unspecified atom stereocenters. The largest absolute Gasteiger partial charge is 0.204 e. The lowest BCUT2D eigenvalue weighted by Gasteiger charge is -2.24. The number of rotatable bonds is 7. The molecule has 40 heavy (non-hydrogen) atoms. The Hall–Kier alpha value is -3.10. The predicted octanol–water partition coefficient (Wildman–Crippen LogP) is 6.92. The van der Waals surface area contributed by atoms with Gasteiger partial charge >= 0.3 is 0 Å². The van der Waals surface area contributed by atoms with Crippen molar-refractivity contribution in [1.29, 1.82) is 0 Å². The molecule has 4 rings (SSSR count). The molecule has 14 heteroatoms. The average molecular weight is 614 g/mol. The molecule has 0 aromatic heterocycles. The predicted molar refractivity (Wildman–Crippen MR) is 127 cm³/mol. The zero-order valence-corrected chi connectivity index (χ0v) is 21.3. The van der Waals surface area contributed by atoms with Gasteiger partial charge in [0, 0.05) is 0 Å². The lowest BCUT2D eigenvalue weighted by molar-refractivity contribution is 0.448. The van der Waals surface area contributed by atoms with Gasteiger partial charge in [0.15, 0.2) is 69.8 Å². The number of benzene rings is 4. The summed E-state index contributed by atoms with van der Waals surface area (Å²) < 4.78 is 167. The smallest absolute Gasteiger partial charge is 0.194 e. The van der Waals surface area contributed by atoms with E-state index in [1.165, 1.54) is 0 Å². The van der Waals surface area contributed by atoms with Crippen LogP contribution in [0.4, 0.5) is 52.7 Å². The molecule has 0 aliphatic carbocycles. The molecule has 210 valence electrons. The van der Waals surface area contributed by atoms with Gasteiger partial charge in [-0.05, 0) is 97.9 Å². The van der Waals surface area contributed by atoms with E-state index in [1.54, 1.807) is 0 Å². The molecule has 4 aromatic carbocycles. The van der Waals surface area contributed by atoms with Gasteiger partial charge in [-0.1, -0.05) is 0 Å². The van der Waals surface area contributed by atoms with Crippen LogP contribution in [0.15, 0.2) is 48.5 Å². The maximum absolute atomic E-state index is 14.1. The molecular weight excluding hydrogens is 602 g/mol. The summed E-state index contributed by atoms with van der Waals surface area (Å²) in [7, 11) is -4.59. The summed E-state index contributed by atoms with van der Waals surface area (Å²) in [5.41, 5.74) is 0. The molecule has 0 N–H and O–H groups in total. The van der Waals surface area contributed by atoms with Crippen LogP contribution in [0.5, 0.6) is 0 Å². The topological polar surface area (TPSA) is 0 Å². The van der Waals surface area contributed by atoms with Gasteiger partial charge in [0.05, 0.1) is 0 Å². The van der Waals surface area contributed by atoms with E-state index in [0.29, 0.717) is 48.5 Å². The van der Waals surface area contributed by atoms with Crippen LogP contribution < -0.4 is 21.2 Å². The van der Waals surface area contributed by atoms with Crippen LogP contribution in [0, 0.1) is 69.8 Å². The first-order chi connectivity index (χ1) is 18.8. The Morgan fingerprint density at radius 3 is 0.600 bits per heavy atom. The van der Waals surface area contributed by atoms with E-state index in [4.69, 9.17) is 0 Å². The van der Waals surface area contributed by atoms with Crippen LogP contribution in [0.25, 0.3) is 0 Å². The normalized spacial score (nSPS) is 11.7. The van der Waals surface area contributed by atoms with Crippen molar-refractivity contribution in [2.24, 2.45) is 0 Å². The van der Waals surface area contributed by atoms with Crippen molar-refractivity contribution in [2.75, 3.05) is 12.3 Å². The molecule has 0 nitrogen and oxygen atoms in total. The highest BCUT2D eigenvalue weighted by atomic mass is 31.1. The molecule has 0 fully saturated rings. The van der Waals surface area contributed by atoms with Crippen molar-refractivity contribution >= 4 is 37.1 Å². The Kier molecular flexibility index (Phi) is 8.80. The molecule has 0 radical (unpaired) electrons. The summed E-state index contributed by atoms with van der Waals surface area (Å²) in [4.78, 5) is 0.